The van der Waals surface area contributed by atoms with Gasteiger partial charge < -0.3 is 10.2 Å². The first kappa shape index (κ1) is 11.0. The molecule has 13 heavy (non-hydrogen) atoms. The van der Waals surface area contributed by atoms with E-state index in [9.17, 15) is 0 Å². The first-order chi connectivity index (χ1) is 6.22. The third-order valence-electron chi connectivity index (χ3n) is 3.12. The maximum absolute atomic E-state index is 3.65. The van der Waals surface area contributed by atoms with Crippen LogP contribution in [0.15, 0.2) is 0 Å². The lowest BCUT2D eigenvalue weighted by molar-refractivity contribution is 0.272. The first-order valence-corrected chi connectivity index (χ1v) is 5.60. The summed E-state index contributed by atoms with van der Waals surface area (Å²) in [7, 11) is 4.30. The fraction of sp³-hybridized carbons (Fsp3) is 1.00. The van der Waals surface area contributed by atoms with E-state index in [1.54, 1.807) is 0 Å². The second kappa shape index (κ2) is 5.61. The van der Waals surface area contributed by atoms with Crippen LogP contribution in [0.5, 0.6) is 0 Å². The molecule has 0 aliphatic carbocycles. The second-order valence-electron chi connectivity index (χ2n) is 4.55. The fourth-order valence-corrected chi connectivity index (χ4v) is 1.98. The molecular formula is C11H24N2. The summed E-state index contributed by atoms with van der Waals surface area (Å²) in [5.41, 5.74) is 0. The second-order valence-corrected chi connectivity index (χ2v) is 4.55. The van der Waals surface area contributed by atoms with E-state index in [0.717, 1.165) is 12.0 Å². The molecular weight excluding hydrogens is 160 g/mol. The fourth-order valence-electron chi connectivity index (χ4n) is 1.98. The molecule has 78 valence electrons. The predicted molar refractivity (Wildman–Crippen MR) is 58.0 cm³/mol. The van der Waals surface area contributed by atoms with E-state index in [2.05, 4.69) is 31.2 Å². The van der Waals surface area contributed by atoms with E-state index in [1.807, 2.05) is 0 Å². The number of nitrogens with one attached hydrogen (secondary N) is 1. The van der Waals surface area contributed by atoms with Gasteiger partial charge in [0.1, 0.15) is 0 Å². The number of nitrogens with zero attached hydrogens (tertiary/aromatic N) is 1. The zero-order valence-electron chi connectivity index (χ0n) is 9.34. The lowest BCUT2D eigenvalue weighted by Crippen LogP contribution is -2.40. The molecule has 1 rings (SSSR count). The molecule has 1 fully saturated rings. The molecule has 2 atom stereocenters. The quantitative estimate of drug-likeness (QED) is 0.715. The van der Waals surface area contributed by atoms with Crippen molar-refractivity contribution in [3.05, 3.63) is 0 Å². The van der Waals surface area contributed by atoms with Gasteiger partial charge in [-0.2, -0.15) is 0 Å². The molecule has 2 nitrogen and oxygen atoms in total. The van der Waals surface area contributed by atoms with E-state index in [0.29, 0.717) is 0 Å². The molecule has 1 N–H and O–H groups in total. The lowest BCUT2D eigenvalue weighted by atomic mass is 9.91. The molecule has 1 aliphatic heterocycles. The molecule has 0 aromatic carbocycles. The van der Waals surface area contributed by atoms with Gasteiger partial charge in [0.25, 0.3) is 0 Å². The maximum Gasteiger partial charge on any atom is 0.00794 e. The van der Waals surface area contributed by atoms with Crippen LogP contribution in [0.2, 0.25) is 0 Å². The molecule has 0 bridgehead atoms. The molecule has 1 aliphatic rings. The van der Waals surface area contributed by atoms with E-state index >= 15 is 0 Å². The van der Waals surface area contributed by atoms with Crippen LogP contribution < -0.4 is 5.32 Å². The van der Waals surface area contributed by atoms with E-state index < -0.39 is 0 Å². The Morgan fingerprint density at radius 1 is 1.31 bits per heavy atom. The van der Waals surface area contributed by atoms with Gasteiger partial charge in [0, 0.05) is 6.04 Å². The van der Waals surface area contributed by atoms with Gasteiger partial charge in [0.15, 0.2) is 0 Å². The summed E-state index contributed by atoms with van der Waals surface area (Å²) >= 11 is 0. The summed E-state index contributed by atoms with van der Waals surface area (Å²) in [6, 6.07) is 0.783. The van der Waals surface area contributed by atoms with Crippen LogP contribution >= 0.6 is 0 Å². The minimum absolute atomic E-state index is 0.783. The first-order valence-electron chi connectivity index (χ1n) is 5.60. The summed E-state index contributed by atoms with van der Waals surface area (Å²) in [4.78, 5) is 2.27. The van der Waals surface area contributed by atoms with Crippen LogP contribution in [-0.4, -0.2) is 38.1 Å². The van der Waals surface area contributed by atoms with Crippen molar-refractivity contribution in [1.29, 1.82) is 0 Å². The van der Waals surface area contributed by atoms with Crippen molar-refractivity contribution in [2.24, 2.45) is 5.92 Å². The van der Waals surface area contributed by atoms with Gasteiger partial charge >= 0.3 is 0 Å². The summed E-state index contributed by atoms with van der Waals surface area (Å²) in [6.07, 6.45) is 5.46. The minimum Gasteiger partial charge on any atom is -0.314 e. The largest absolute Gasteiger partial charge is 0.314 e. The van der Waals surface area contributed by atoms with E-state index in [1.165, 1.54) is 38.8 Å². The van der Waals surface area contributed by atoms with Crippen LogP contribution in [0.4, 0.5) is 0 Å². The van der Waals surface area contributed by atoms with Crippen molar-refractivity contribution in [2.75, 3.05) is 27.2 Å². The highest BCUT2D eigenvalue weighted by Crippen LogP contribution is 2.18. The Bertz CT molecular complexity index is 126. The van der Waals surface area contributed by atoms with Crippen molar-refractivity contribution in [3.63, 3.8) is 0 Å². The monoisotopic (exact) mass is 184 g/mol. The lowest BCUT2D eigenvalue weighted by Gasteiger charge is -2.30. The number of hydrogen-bond donors (Lipinski definition) is 1. The van der Waals surface area contributed by atoms with Crippen molar-refractivity contribution >= 4 is 0 Å². The SMILES string of the molecule is CCC1CCC(CCN(C)C)NC1. The summed E-state index contributed by atoms with van der Waals surface area (Å²) in [6.45, 7) is 4.76. The molecule has 1 heterocycles. The minimum atomic E-state index is 0.783. The van der Waals surface area contributed by atoms with Gasteiger partial charge in [-0.15, -0.1) is 0 Å². The standard InChI is InChI=1S/C11H24N2/c1-4-10-5-6-11(12-9-10)7-8-13(2)3/h10-12H,4-9H2,1-3H3. The highest BCUT2D eigenvalue weighted by molar-refractivity contribution is 4.77. The van der Waals surface area contributed by atoms with Gasteiger partial charge in [-0.3, -0.25) is 0 Å². The van der Waals surface area contributed by atoms with E-state index in [-0.39, 0.29) is 0 Å². The average molecular weight is 184 g/mol. The highest BCUT2D eigenvalue weighted by Gasteiger charge is 2.18. The summed E-state index contributed by atoms with van der Waals surface area (Å²) in [5.74, 6) is 0.940. The van der Waals surface area contributed by atoms with Crippen LogP contribution in [-0.2, 0) is 0 Å². The Labute approximate surface area is 82.7 Å². The smallest absolute Gasteiger partial charge is 0.00794 e. The number of piperidine rings is 1. The van der Waals surface area contributed by atoms with Gasteiger partial charge in [0.05, 0.1) is 0 Å². The predicted octanol–water partition coefficient (Wildman–Crippen LogP) is 1.72. The Hall–Kier alpha value is -0.0800. The van der Waals surface area contributed by atoms with Crippen LogP contribution in [0.3, 0.4) is 0 Å². The molecule has 0 amide bonds. The highest BCUT2D eigenvalue weighted by atomic mass is 15.1. The van der Waals surface area contributed by atoms with E-state index in [4.69, 9.17) is 0 Å². The van der Waals surface area contributed by atoms with Crippen LogP contribution in [0, 0.1) is 5.92 Å². The number of rotatable bonds is 4. The Kier molecular flexibility index (Phi) is 4.74. The summed E-state index contributed by atoms with van der Waals surface area (Å²) < 4.78 is 0. The van der Waals surface area contributed by atoms with Crippen molar-refractivity contribution < 1.29 is 0 Å². The molecule has 1 saturated heterocycles. The maximum atomic E-state index is 3.65. The van der Waals surface area contributed by atoms with Crippen molar-refractivity contribution in [1.82, 2.24) is 10.2 Å². The van der Waals surface area contributed by atoms with Crippen molar-refractivity contribution in [2.45, 2.75) is 38.6 Å². The van der Waals surface area contributed by atoms with Gasteiger partial charge in [-0.25, -0.2) is 0 Å². The van der Waals surface area contributed by atoms with Crippen LogP contribution in [0.25, 0.3) is 0 Å². The molecule has 0 saturated carbocycles. The Balaban J connectivity index is 2.10. The third-order valence-corrected chi connectivity index (χ3v) is 3.12. The average Bonchev–Trinajstić information content (AvgIpc) is 2.15. The molecule has 0 aromatic rings. The van der Waals surface area contributed by atoms with Gasteiger partial charge in [-0.1, -0.05) is 13.3 Å². The zero-order chi connectivity index (χ0) is 9.68. The Morgan fingerprint density at radius 3 is 2.54 bits per heavy atom. The molecule has 0 aromatic heterocycles. The molecule has 2 unspecified atom stereocenters. The molecule has 0 radical (unpaired) electrons. The zero-order valence-corrected chi connectivity index (χ0v) is 9.34. The summed E-state index contributed by atoms with van der Waals surface area (Å²) in [5, 5.41) is 3.65. The van der Waals surface area contributed by atoms with Gasteiger partial charge in [-0.05, 0) is 52.4 Å². The normalized spacial score (nSPS) is 29.5. The third kappa shape index (κ3) is 4.10. The molecule has 0 spiro atoms. The topological polar surface area (TPSA) is 15.3 Å². The molecule has 2 heteroatoms. The van der Waals surface area contributed by atoms with Crippen molar-refractivity contribution in [3.8, 4) is 0 Å². The number of hydrogen-bond acceptors (Lipinski definition) is 2. The Morgan fingerprint density at radius 2 is 2.08 bits per heavy atom. The van der Waals surface area contributed by atoms with Gasteiger partial charge in [0.2, 0.25) is 0 Å². The van der Waals surface area contributed by atoms with Crippen LogP contribution in [0.1, 0.15) is 32.6 Å².